The summed E-state index contributed by atoms with van der Waals surface area (Å²) in [5.74, 6) is 0.106. The molecule has 2 rings (SSSR count). The molecule has 0 N–H and O–H groups in total. The smallest absolute Gasteiger partial charge is 0.187 e. The van der Waals surface area contributed by atoms with Crippen LogP contribution in [0.25, 0.3) is 0 Å². The summed E-state index contributed by atoms with van der Waals surface area (Å²) in [6.45, 7) is 0. The number of carbonyl (C=O) groups excluding carboxylic acids is 1. The number of carbonyl (C=O) groups is 1. The van der Waals surface area contributed by atoms with Gasteiger partial charge < -0.3 is 0 Å². The van der Waals surface area contributed by atoms with E-state index >= 15 is 0 Å². The van der Waals surface area contributed by atoms with E-state index in [0.29, 0.717) is 0 Å². The predicted molar refractivity (Wildman–Crippen MR) is 87.2 cm³/mol. The lowest BCUT2D eigenvalue weighted by Crippen LogP contribution is -2.18. The lowest BCUT2D eigenvalue weighted by atomic mass is 10.1. The first-order valence-electron chi connectivity index (χ1n) is 5.21. The summed E-state index contributed by atoms with van der Waals surface area (Å²) >= 11 is 11.9. The molecule has 1 nitrogen and oxygen atoms in total. The number of ketones is 1. The second-order valence-electron chi connectivity index (χ2n) is 3.70. The third kappa shape index (κ3) is 3.32. The Labute approximate surface area is 135 Å². The standard InChI is InChI=1S/C13H9Br3OS/c14-9-5-3-8(4-6-9)11(15)12(16)13(17)10-2-1-7-18-10/h1-7,11-12H. The minimum atomic E-state index is -0.266. The van der Waals surface area contributed by atoms with E-state index in [1.54, 1.807) is 0 Å². The van der Waals surface area contributed by atoms with Crippen molar-refractivity contribution in [3.63, 3.8) is 0 Å². The van der Waals surface area contributed by atoms with Crippen LogP contribution in [0.5, 0.6) is 0 Å². The van der Waals surface area contributed by atoms with Gasteiger partial charge in [-0.25, -0.2) is 0 Å². The normalized spacial score (nSPS) is 14.2. The Kier molecular flexibility index (Phi) is 5.18. The maximum atomic E-state index is 12.2. The summed E-state index contributed by atoms with van der Waals surface area (Å²) in [6, 6.07) is 11.7. The van der Waals surface area contributed by atoms with Crippen molar-refractivity contribution in [2.75, 3.05) is 0 Å². The van der Waals surface area contributed by atoms with Crippen molar-refractivity contribution in [3.05, 3.63) is 56.7 Å². The highest BCUT2D eigenvalue weighted by Gasteiger charge is 2.26. The van der Waals surface area contributed by atoms with Gasteiger partial charge in [0.15, 0.2) is 5.78 Å². The van der Waals surface area contributed by atoms with Crippen LogP contribution in [-0.2, 0) is 0 Å². The van der Waals surface area contributed by atoms with E-state index in [0.717, 1.165) is 14.9 Å². The van der Waals surface area contributed by atoms with Gasteiger partial charge in [0, 0.05) is 4.47 Å². The van der Waals surface area contributed by atoms with Crippen molar-refractivity contribution in [3.8, 4) is 0 Å². The van der Waals surface area contributed by atoms with Crippen molar-refractivity contribution in [2.24, 2.45) is 0 Å². The lowest BCUT2D eigenvalue weighted by molar-refractivity contribution is 0.0995. The molecule has 94 valence electrons. The van der Waals surface area contributed by atoms with Gasteiger partial charge in [-0.3, -0.25) is 4.79 Å². The zero-order valence-electron chi connectivity index (χ0n) is 9.15. The predicted octanol–water partition coefficient (Wildman–Crippen LogP) is 5.59. The van der Waals surface area contributed by atoms with Crippen molar-refractivity contribution < 1.29 is 4.79 Å². The molecule has 0 spiro atoms. The Morgan fingerprint density at radius 1 is 1.11 bits per heavy atom. The van der Waals surface area contributed by atoms with Crippen LogP contribution in [-0.4, -0.2) is 10.6 Å². The molecule has 2 atom stereocenters. The monoisotopic (exact) mass is 450 g/mol. The Balaban J connectivity index is 2.16. The zero-order valence-corrected chi connectivity index (χ0v) is 14.7. The minimum absolute atomic E-state index is 0.0415. The molecule has 0 bridgehead atoms. The van der Waals surface area contributed by atoms with Gasteiger partial charge >= 0.3 is 0 Å². The van der Waals surface area contributed by atoms with Crippen LogP contribution in [0, 0.1) is 0 Å². The average molecular weight is 453 g/mol. The number of alkyl halides is 2. The quantitative estimate of drug-likeness (QED) is 0.436. The van der Waals surface area contributed by atoms with Gasteiger partial charge in [-0.05, 0) is 29.1 Å². The van der Waals surface area contributed by atoms with E-state index in [1.807, 2.05) is 41.8 Å². The second kappa shape index (κ2) is 6.46. The second-order valence-corrected chi connectivity index (χ2v) is 7.53. The summed E-state index contributed by atoms with van der Waals surface area (Å²) in [7, 11) is 0. The molecule has 0 aliphatic rings. The highest BCUT2D eigenvalue weighted by molar-refractivity contribution is 9.12. The van der Waals surface area contributed by atoms with E-state index in [1.165, 1.54) is 11.3 Å². The fourth-order valence-corrected chi connectivity index (χ4v) is 3.72. The number of benzene rings is 1. The highest BCUT2D eigenvalue weighted by atomic mass is 79.9. The average Bonchev–Trinajstić information content (AvgIpc) is 2.91. The molecular weight excluding hydrogens is 444 g/mol. The molecule has 0 aliphatic heterocycles. The third-order valence-corrected chi connectivity index (χ3v) is 6.58. The van der Waals surface area contributed by atoms with Gasteiger partial charge in [-0.15, -0.1) is 11.3 Å². The van der Waals surface area contributed by atoms with E-state index in [4.69, 9.17) is 0 Å². The minimum Gasteiger partial charge on any atom is -0.292 e. The number of thiophene rings is 1. The van der Waals surface area contributed by atoms with Gasteiger partial charge in [-0.2, -0.15) is 0 Å². The zero-order chi connectivity index (χ0) is 13.1. The maximum absolute atomic E-state index is 12.2. The Bertz CT molecular complexity index is 522. The van der Waals surface area contributed by atoms with Gasteiger partial charge in [0.05, 0.1) is 14.5 Å². The summed E-state index contributed by atoms with van der Waals surface area (Å²) in [5, 5.41) is 1.91. The summed E-state index contributed by atoms with van der Waals surface area (Å²) in [6.07, 6.45) is 0. The molecule has 0 saturated heterocycles. The van der Waals surface area contributed by atoms with E-state index < -0.39 is 0 Å². The van der Waals surface area contributed by atoms with Crippen LogP contribution < -0.4 is 0 Å². The van der Waals surface area contributed by atoms with Crippen LogP contribution in [0.15, 0.2) is 46.3 Å². The lowest BCUT2D eigenvalue weighted by Gasteiger charge is -2.15. The van der Waals surface area contributed by atoms with Crippen molar-refractivity contribution in [1.29, 1.82) is 0 Å². The number of halogens is 3. The largest absolute Gasteiger partial charge is 0.292 e. The SMILES string of the molecule is O=C(c1cccs1)C(Br)C(Br)c1ccc(Br)cc1. The van der Waals surface area contributed by atoms with Gasteiger partial charge in [0.1, 0.15) is 0 Å². The van der Waals surface area contributed by atoms with Crippen molar-refractivity contribution in [2.45, 2.75) is 9.65 Å². The number of hydrogen-bond acceptors (Lipinski definition) is 2. The fraction of sp³-hybridized carbons (Fsp3) is 0.154. The van der Waals surface area contributed by atoms with Gasteiger partial charge in [-0.1, -0.05) is 66.0 Å². The molecule has 0 saturated carbocycles. The van der Waals surface area contributed by atoms with Crippen LogP contribution in [0.1, 0.15) is 20.1 Å². The van der Waals surface area contributed by atoms with Crippen molar-refractivity contribution in [1.82, 2.24) is 0 Å². The first-order chi connectivity index (χ1) is 8.59. The summed E-state index contributed by atoms with van der Waals surface area (Å²) in [5.41, 5.74) is 1.07. The first kappa shape index (κ1) is 14.4. The summed E-state index contributed by atoms with van der Waals surface area (Å²) < 4.78 is 1.03. The highest BCUT2D eigenvalue weighted by Crippen LogP contribution is 2.34. The Morgan fingerprint density at radius 3 is 2.33 bits per heavy atom. The molecule has 1 aromatic heterocycles. The molecule has 2 unspecified atom stereocenters. The topological polar surface area (TPSA) is 17.1 Å². The maximum Gasteiger partial charge on any atom is 0.187 e. The molecular formula is C13H9Br3OS. The van der Waals surface area contributed by atoms with Crippen LogP contribution in [0.2, 0.25) is 0 Å². The van der Waals surface area contributed by atoms with Gasteiger partial charge in [0.2, 0.25) is 0 Å². The van der Waals surface area contributed by atoms with Gasteiger partial charge in [0.25, 0.3) is 0 Å². The molecule has 0 fully saturated rings. The molecule has 5 heteroatoms. The molecule has 0 amide bonds. The number of hydrogen-bond donors (Lipinski definition) is 0. The van der Waals surface area contributed by atoms with E-state index in [2.05, 4.69) is 47.8 Å². The molecule has 18 heavy (non-hydrogen) atoms. The number of Topliss-reactive ketones (excluding diaryl/α,β-unsaturated/α-hetero) is 1. The molecule has 2 aromatic rings. The van der Waals surface area contributed by atoms with E-state index in [9.17, 15) is 4.79 Å². The van der Waals surface area contributed by atoms with Crippen LogP contribution in [0.4, 0.5) is 0 Å². The molecule has 1 heterocycles. The molecule has 0 radical (unpaired) electrons. The first-order valence-corrected chi connectivity index (χ1v) is 8.71. The van der Waals surface area contributed by atoms with E-state index in [-0.39, 0.29) is 15.4 Å². The molecule has 1 aromatic carbocycles. The third-order valence-electron chi connectivity index (χ3n) is 2.46. The van der Waals surface area contributed by atoms with Crippen molar-refractivity contribution >= 4 is 64.9 Å². The molecule has 0 aliphatic carbocycles. The summed E-state index contributed by atoms with van der Waals surface area (Å²) in [4.78, 5) is 12.7. The number of rotatable bonds is 4. The Morgan fingerprint density at radius 2 is 1.78 bits per heavy atom. The Hall–Kier alpha value is 0.0300. The van der Waals surface area contributed by atoms with Crippen LogP contribution >= 0.6 is 59.1 Å². The fourth-order valence-electron chi connectivity index (χ4n) is 1.50. The van der Waals surface area contributed by atoms with Crippen LogP contribution in [0.3, 0.4) is 0 Å².